The highest BCUT2D eigenvalue weighted by atomic mass is 79.9. The molecule has 72 valence electrons. The minimum atomic E-state index is -3.97. The van der Waals surface area contributed by atoms with E-state index in [1.165, 1.54) is 6.07 Å². The minimum absolute atomic E-state index is 0.170. The fourth-order valence-electron chi connectivity index (χ4n) is 0.728. The van der Waals surface area contributed by atoms with Crippen molar-refractivity contribution in [3.05, 3.63) is 21.6 Å². The lowest BCUT2D eigenvalue weighted by molar-refractivity contribution is 0.456. The smallest absolute Gasteiger partial charge is 0.265 e. The van der Waals surface area contributed by atoms with Gasteiger partial charge in [0.1, 0.15) is 10.6 Å². The van der Waals surface area contributed by atoms with Gasteiger partial charge in [0.05, 0.1) is 4.47 Å². The van der Waals surface area contributed by atoms with E-state index in [1.807, 2.05) is 0 Å². The molecule has 3 nitrogen and oxygen atoms in total. The number of hydrogen-bond acceptors (Lipinski definition) is 3. The Bertz CT molecular complexity index is 443. The maximum Gasteiger partial charge on any atom is 0.265 e. The summed E-state index contributed by atoms with van der Waals surface area (Å²) >= 11 is 8.50. The molecule has 1 rings (SSSR count). The summed E-state index contributed by atoms with van der Waals surface area (Å²) in [6.07, 6.45) is 0. The van der Waals surface area contributed by atoms with Gasteiger partial charge in [-0.15, -0.1) is 0 Å². The first kappa shape index (κ1) is 11.1. The molecule has 1 N–H and O–H groups in total. The summed E-state index contributed by atoms with van der Waals surface area (Å²) in [7, 11) is 1.07. The number of phenols is 1. The highest BCUT2D eigenvalue weighted by Gasteiger charge is 2.18. The van der Waals surface area contributed by atoms with Crippen LogP contribution in [-0.2, 0) is 9.05 Å². The molecule has 0 aromatic heterocycles. The predicted octanol–water partition coefficient (Wildman–Crippen LogP) is 2.74. The lowest BCUT2D eigenvalue weighted by atomic mass is 10.3. The average molecular weight is 306 g/mol. The maximum atomic E-state index is 10.9. The second kappa shape index (κ2) is 3.65. The van der Waals surface area contributed by atoms with E-state index in [0.717, 1.165) is 6.07 Å². The Morgan fingerprint density at radius 2 is 1.92 bits per heavy atom. The fraction of sp³-hybridized carbons (Fsp3) is 0. The largest absolute Gasteiger partial charge is 0.505 e. The molecule has 0 spiro atoms. The molecule has 0 saturated heterocycles. The monoisotopic (exact) mass is 304 g/mol. The minimum Gasteiger partial charge on any atom is -0.505 e. The first-order chi connectivity index (χ1) is 5.82. The normalized spacial score (nSPS) is 11.6. The molecule has 0 saturated carbocycles. The molecule has 0 aliphatic carbocycles. The Labute approximate surface area is 92.8 Å². The van der Waals surface area contributed by atoms with Crippen LogP contribution in [0.5, 0.6) is 5.75 Å². The van der Waals surface area contributed by atoms with Gasteiger partial charge in [0.25, 0.3) is 9.05 Å². The summed E-state index contributed by atoms with van der Waals surface area (Å²) in [5.74, 6) is -0.445. The van der Waals surface area contributed by atoms with Crippen molar-refractivity contribution < 1.29 is 13.5 Å². The average Bonchev–Trinajstić information content (AvgIpc) is 1.94. The summed E-state index contributed by atoms with van der Waals surface area (Å²) in [6.45, 7) is 0. The van der Waals surface area contributed by atoms with E-state index in [-0.39, 0.29) is 9.50 Å². The molecule has 1 aromatic rings. The van der Waals surface area contributed by atoms with Gasteiger partial charge >= 0.3 is 0 Å². The zero-order chi connectivity index (χ0) is 10.2. The quantitative estimate of drug-likeness (QED) is 0.812. The molecule has 0 radical (unpaired) electrons. The van der Waals surface area contributed by atoms with Crippen LogP contribution < -0.4 is 0 Å². The summed E-state index contributed by atoms with van der Waals surface area (Å²) in [5.41, 5.74) is 0. The third kappa shape index (κ3) is 2.49. The van der Waals surface area contributed by atoms with Crippen LogP contribution in [0.2, 0.25) is 5.02 Å². The van der Waals surface area contributed by atoms with Gasteiger partial charge in [-0.2, -0.15) is 0 Å². The number of benzene rings is 1. The van der Waals surface area contributed by atoms with Crippen LogP contribution >= 0.6 is 38.2 Å². The van der Waals surface area contributed by atoms with Gasteiger partial charge < -0.3 is 5.11 Å². The van der Waals surface area contributed by atoms with Crippen molar-refractivity contribution in [1.29, 1.82) is 0 Å². The summed E-state index contributed by atoms with van der Waals surface area (Å²) in [4.78, 5) is -0.409. The third-order valence-corrected chi connectivity index (χ3v) is 3.41. The van der Waals surface area contributed by atoms with Gasteiger partial charge in [-0.25, -0.2) is 8.42 Å². The van der Waals surface area contributed by atoms with Gasteiger partial charge in [0.15, 0.2) is 0 Å². The molecule has 0 bridgehead atoms. The zero-order valence-corrected chi connectivity index (χ0v) is 9.87. The molecule has 7 heteroatoms. The molecule has 1 aromatic carbocycles. The SMILES string of the molecule is O=S(=O)(Cl)c1cc(Cl)cc(Br)c1O. The van der Waals surface area contributed by atoms with Crippen molar-refractivity contribution >= 4 is 47.3 Å². The topological polar surface area (TPSA) is 54.4 Å². The summed E-state index contributed by atoms with van der Waals surface area (Å²) in [5, 5.41) is 9.46. The van der Waals surface area contributed by atoms with Crippen molar-refractivity contribution in [3.8, 4) is 5.75 Å². The van der Waals surface area contributed by atoms with Gasteiger partial charge in [-0.3, -0.25) is 0 Å². The van der Waals surface area contributed by atoms with E-state index in [9.17, 15) is 13.5 Å². The molecule has 0 aliphatic heterocycles. The lowest BCUT2D eigenvalue weighted by Crippen LogP contribution is -1.91. The van der Waals surface area contributed by atoms with Crippen molar-refractivity contribution in [2.24, 2.45) is 0 Å². The molecule has 0 atom stereocenters. The van der Waals surface area contributed by atoms with E-state index in [0.29, 0.717) is 0 Å². The zero-order valence-electron chi connectivity index (χ0n) is 5.96. The van der Waals surface area contributed by atoms with Crippen LogP contribution in [0, 0.1) is 0 Å². The van der Waals surface area contributed by atoms with Crippen molar-refractivity contribution in [2.45, 2.75) is 4.90 Å². The van der Waals surface area contributed by atoms with Gasteiger partial charge in [0.2, 0.25) is 0 Å². The van der Waals surface area contributed by atoms with Crippen molar-refractivity contribution in [1.82, 2.24) is 0 Å². The number of phenolic OH excluding ortho intramolecular Hbond substituents is 1. The highest BCUT2D eigenvalue weighted by Crippen LogP contribution is 2.35. The molecule has 13 heavy (non-hydrogen) atoms. The lowest BCUT2D eigenvalue weighted by Gasteiger charge is -2.03. The fourth-order valence-corrected chi connectivity index (χ4v) is 2.70. The third-order valence-electron chi connectivity index (χ3n) is 1.26. The Morgan fingerprint density at radius 3 is 2.38 bits per heavy atom. The van der Waals surface area contributed by atoms with Crippen LogP contribution in [0.1, 0.15) is 0 Å². The van der Waals surface area contributed by atoms with Crippen LogP contribution in [0.15, 0.2) is 21.5 Å². The van der Waals surface area contributed by atoms with E-state index in [4.69, 9.17) is 22.3 Å². The summed E-state index contributed by atoms with van der Waals surface area (Å²) < 4.78 is 21.9. The standard InChI is InChI=1S/C6H3BrCl2O3S/c7-4-1-3(8)2-5(6(4)10)13(9,11)12/h1-2,10H. The van der Waals surface area contributed by atoms with Gasteiger partial charge in [-0.1, -0.05) is 11.6 Å². The van der Waals surface area contributed by atoms with Gasteiger partial charge in [-0.05, 0) is 28.1 Å². The van der Waals surface area contributed by atoms with E-state index in [2.05, 4.69) is 15.9 Å². The van der Waals surface area contributed by atoms with E-state index in [1.54, 1.807) is 0 Å². The Morgan fingerprint density at radius 1 is 1.38 bits per heavy atom. The van der Waals surface area contributed by atoms with Crippen LogP contribution in [0.4, 0.5) is 0 Å². The molecule has 0 aliphatic rings. The Kier molecular flexibility index (Phi) is 3.12. The van der Waals surface area contributed by atoms with Crippen LogP contribution in [-0.4, -0.2) is 13.5 Å². The van der Waals surface area contributed by atoms with Crippen molar-refractivity contribution in [3.63, 3.8) is 0 Å². The number of halogens is 3. The first-order valence-corrected chi connectivity index (χ1v) is 6.43. The molecule has 0 unspecified atom stereocenters. The number of rotatable bonds is 1. The molecular formula is C6H3BrCl2O3S. The number of hydrogen-bond donors (Lipinski definition) is 1. The predicted molar refractivity (Wildman–Crippen MR) is 53.9 cm³/mol. The molecule has 0 fully saturated rings. The molecule has 0 amide bonds. The molecule has 0 heterocycles. The Balaban J connectivity index is 3.56. The first-order valence-electron chi connectivity index (χ1n) is 2.95. The van der Waals surface area contributed by atoms with Crippen molar-refractivity contribution in [2.75, 3.05) is 0 Å². The van der Waals surface area contributed by atoms with Crippen LogP contribution in [0.3, 0.4) is 0 Å². The second-order valence-electron chi connectivity index (χ2n) is 2.17. The molecular weight excluding hydrogens is 303 g/mol. The number of aromatic hydroxyl groups is 1. The second-order valence-corrected chi connectivity index (χ2v) is 6.00. The Hall–Kier alpha value is 0.0300. The van der Waals surface area contributed by atoms with E-state index >= 15 is 0 Å². The highest BCUT2D eigenvalue weighted by molar-refractivity contribution is 9.10. The maximum absolute atomic E-state index is 10.9. The van der Waals surface area contributed by atoms with E-state index < -0.39 is 19.7 Å². The summed E-state index contributed by atoms with van der Waals surface area (Å²) in [6, 6.07) is 2.44. The van der Waals surface area contributed by atoms with Crippen LogP contribution in [0.25, 0.3) is 0 Å². The van der Waals surface area contributed by atoms with Gasteiger partial charge in [0, 0.05) is 15.7 Å².